The summed E-state index contributed by atoms with van der Waals surface area (Å²) in [5, 5.41) is 6.67. The first-order valence-electron chi connectivity index (χ1n) is 7.26. The molecule has 2 N–H and O–H groups in total. The number of amides is 2. The number of rotatable bonds is 5. The van der Waals surface area contributed by atoms with Gasteiger partial charge < -0.3 is 5.32 Å². The van der Waals surface area contributed by atoms with Crippen molar-refractivity contribution < 1.29 is 9.59 Å². The molecular formula is C15H20N4O2. The molecule has 6 nitrogen and oxygen atoms in total. The lowest BCUT2D eigenvalue weighted by atomic mass is 9.95. The van der Waals surface area contributed by atoms with Gasteiger partial charge in [-0.1, -0.05) is 25.3 Å². The molecule has 0 spiro atoms. The maximum atomic E-state index is 11.7. The Hall–Kier alpha value is -2.24. The van der Waals surface area contributed by atoms with Crippen molar-refractivity contribution in [1.82, 2.24) is 15.7 Å². The summed E-state index contributed by atoms with van der Waals surface area (Å²) in [7, 11) is 0. The lowest BCUT2D eigenvalue weighted by molar-refractivity contribution is -0.129. The van der Waals surface area contributed by atoms with Crippen LogP contribution in [0.5, 0.6) is 0 Å². The quantitative estimate of drug-likeness (QED) is 0.487. The van der Waals surface area contributed by atoms with E-state index in [0.717, 1.165) is 25.7 Å². The Morgan fingerprint density at radius 1 is 1.24 bits per heavy atom. The lowest BCUT2D eigenvalue weighted by Crippen LogP contribution is -2.38. The van der Waals surface area contributed by atoms with Gasteiger partial charge in [0.15, 0.2) is 0 Å². The van der Waals surface area contributed by atoms with Crippen molar-refractivity contribution in [2.45, 2.75) is 44.6 Å². The fourth-order valence-electron chi connectivity index (χ4n) is 2.33. The smallest absolute Gasteiger partial charge is 0.249 e. The van der Waals surface area contributed by atoms with E-state index in [9.17, 15) is 9.59 Å². The van der Waals surface area contributed by atoms with E-state index in [4.69, 9.17) is 0 Å². The van der Waals surface area contributed by atoms with Crippen LogP contribution in [0.15, 0.2) is 29.5 Å². The Balaban J connectivity index is 1.69. The monoisotopic (exact) mass is 288 g/mol. The highest BCUT2D eigenvalue weighted by atomic mass is 16.2. The Morgan fingerprint density at radius 3 is 2.76 bits per heavy atom. The zero-order valence-electron chi connectivity index (χ0n) is 11.9. The van der Waals surface area contributed by atoms with Crippen molar-refractivity contribution in [2.75, 3.05) is 0 Å². The van der Waals surface area contributed by atoms with Gasteiger partial charge in [-0.05, 0) is 25.0 Å². The number of hydrogen-bond acceptors (Lipinski definition) is 4. The van der Waals surface area contributed by atoms with Gasteiger partial charge in [0.25, 0.3) is 0 Å². The van der Waals surface area contributed by atoms with Crippen LogP contribution in [0, 0.1) is 0 Å². The van der Waals surface area contributed by atoms with Crippen LogP contribution < -0.4 is 10.7 Å². The third kappa shape index (κ3) is 5.72. The van der Waals surface area contributed by atoms with Crippen LogP contribution >= 0.6 is 0 Å². The van der Waals surface area contributed by atoms with Crippen LogP contribution in [0.4, 0.5) is 0 Å². The van der Waals surface area contributed by atoms with E-state index in [2.05, 4.69) is 20.8 Å². The van der Waals surface area contributed by atoms with Gasteiger partial charge in [-0.15, -0.1) is 0 Å². The van der Waals surface area contributed by atoms with Crippen molar-refractivity contribution >= 4 is 18.0 Å². The summed E-state index contributed by atoms with van der Waals surface area (Å²) in [4.78, 5) is 27.3. The second kappa shape index (κ2) is 8.14. The molecule has 0 atom stereocenters. The normalized spacial score (nSPS) is 15.8. The minimum absolute atomic E-state index is 0.198. The Morgan fingerprint density at radius 2 is 2.05 bits per heavy atom. The van der Waals surface area contributed by atoms with Gasteiger partial charge >= 0.3 is 0 Å². The number of carbonyl (C=O) groups excluding carboxylic acids is 2. The maximum absolute atomic E-state index is 11.7. The van der Waals surface area contributed by atoms with E-state index >= 15 is 0 Å². The molecule has 1 saturated carbocycles. The van der Waals surface area contributed by atoms with Crippen LogP contribution in [-0.4, -0.2) is 29.1 Å². The molecule has 0 aromatic carbocycles. The number of pyridine rings is 1. The number of nitrogens with zero attached hydrogens (tertiary/aromatic N) is 2. The van der Waals surface area contributed by atoms with Gasteiger partial charge in [0.2, 0.25) is 11.8 Å². The molecule has 1 aliphatic carbocycles. The molecule has 0 bridgehead atoms. The van der Waals surface area contributed by atoms with Crippen molar-refractivity contribution in [3.8, 4) is 0 Å². The van der Waals surface area contributed by atoms with Crippen LogP contribution in [0.3, 0.4) is 0 Å². The van der Waals surface area contributed by atoms with Crippen molar-refractivity contribution in [3.63, 3.8) is 0 Å². The van der Waals surface area contributed by atoms with Crippen LogP contribution in [0.2, 0.25) is 0 Å². The van der Waals surface area contributed by atoms with Gasteiger partial charge in [-0.25, -0.2) is 5.43 Å². The van der Waals surface area contributed by atoms with E-state index in [0.29, 0.717) is 5.69 Å². The predicted molar refractivity (Wildman–Crippen MR) is 79.6 cm³/mol. The molecule has 0 unspecified atom stereocenters. The minimum atomic E-state index is -0.421. The molecule has 1 heterocycles. The molecule has 21 heavy (non-hydrogen) atoms. The first kappa shape index (κ1) is 15.2. The number of nitrogens with one attached hydrogen (secondary N) is 2. The van der Waals surface area contributed by atoms with Gasteiger partial charge in [0, 0.05) is 12.2 Å². The molecule has 2 rings (SSSR count). The largest absolute Gasteiger partial charge is 0.353 e. The zero-order valence-corrected chi connectivity index (χ0v) is 11.9. The molecule has 112 valence electrons. The fraction of sp³-hybridized carbons (Fsp3) is 0.467. The van der Waals surface area contributed by atoms with Gasteiger partial charge in [-0.3, -0.25) is 14.6 Å². The second-order valence-electron chi connectivity index (χ2n) is 5.13. The molecule has 0 radical (unpaired) electrons. The second-order valence-corrected chi connectivity index (χ2v) is 5.13. The summed E-state index contributed by atoms with van der Waals surface area (Å²) >= 11 is 0. The molecule has 1 aliphatic rings. The minimum Gasteiger partial charge on any atom is -0.353 e. The zero-order chi connectivity index (χ0) is 14.9. The SMILES string of the molecule is O=C(CC(=O)NC1CCCCC1)N/N=C\c1ccccn1. The number of hydrogen-bond donors (Lipinski definition) is 2. The molecule has 2 amide bonds. The first-order chi connectivity index (χ1) is 10.2. The average molecular weight is 288 g/mol. The summed E-state index contributed by atoms with van der Waals surface area (Å²) in [6, 6.07) is 5.61. The topological polar surface area (TPSA) is 83.5 Å². The van der Waals surface area contributed by atoms with Gasteiger partial charge in [-0.2, -0.15) is 5.10 Å². The Kier molecular flexibility index (Phi) is 5.87. The molecule has 1 aromatic rings. The summed E-state index contributed by atoms with van der Waals surface area (Å²) in [6.45, 7) is 0. The molecule has 0 aliphatic heterocycles. The molecule has 1 aromatic heterocycles. The Labute approximate surface area is 124 Å². The highest BCUT2D eigenvalue weighted by Gasteiger charge is 2.17. The maximum Gasteiger partial charge on any atom is 0.249 e. The standard InChI is InChI=1S/C15H20N4O2/c20-14(18-12-6-2-1-3-7-12)10-15(21)19-17-11-13-8-4-5-9-16-13/h4-5,8-9,11-12H,1-3,6-7,10H2,(H,18,20)(H,19,21)/b17-11-. The third-order valence-electron chi connectivity index (χ3n) is 3.37. The summed E-state index contributed by atoms with van der Waals surface area (Å²) in [5.74, 6) is -0.664. The highest BCUT2D eigenvalue weighted by molar-refractivity contribution is 5.97. The highest BCUT2D eigenvalue weighted by Crippen LogP contribution is 2.17. The number of aromatic nitrogens is 1. The van der Waals surface area contributed by atoms with E-state index in [1.54, 1.807) is 18.3 Å². The predicted octanol–water partition coefficient (Wildman–Crippen LogP) is 1.37. The van der Waals surface area contributed by atoms with Gasteiger partial charge in [0.05, 0.1) is 11.9 Å². The van der Waals surface area contributed by atoms with Crippen molar-refractivity contribution in [1.29, 1.82) is 0 Å². The van der Waals surface area contributed by atoms with Crippen molar-refractivity contribution in [2.24, 2.45) is 5.10 Å². The summed E-state index contributed by atoms with van der Waals surface area (Å²) in [6.07, 6.45) is 8.41. The summed E-state index contributed by atoms with van der Waals surface area (Å²) < 4.78 is 0. The van der Waals surface area contributed by atoms with Crippen LogP contribution in [0.1, 0.15) is 44.2 Å². The van der Waals surface area contributed by atoms with Crippen LogP contribution in [-0.2, 0) is 9.59 Å². The number of carbonyl (C=O) groups is 2. The van der Waals surface area contributed by atoms with Crippen molar-refractivity contribution in [3.05, 3.63) is 30.1 Å². The van der Waals surface area contributed by atoms with E-state index in [-0.39, 0.29) is 18.4 Å². The Bertz CT molecular complexity index is 496. The van der Waals surface area contributed by atoms with Gasteiger partial charge in [0.1, 0.15) is 6.42 Å². The van der Waals surface area contributed by atoms with Crippen LogP contribution in [0.25, 0.3) is 0 Å². The molecular weight excluding hydrogens is 268 g/mol. The van der Waals surface area contributed by atoms with E-state index in [1.165, 1.54) is 12.6 Å². The molecule has 6 heteroatoms. The average Bonchev–Trinajstić information content (AvgIpc) is 2.49. The fourth-order valence-corrected chi connectivity index (χ4v) is 2.33. The molecule has 0 saturated heterocycles. The third-order valence-corrected chi connectivity index (χ3v) is 3.37. The van der Waals surface area contributed by atoms with E-state index in [1.807, 2.05) is 6.07 Å². The van der Waals surface area contributed by atoms with E-state index < -0.39 is 5.91 Å². The lowest BCUT2D eigenvalue weighted by Gasteiger charge is -2.22. The summed E-state index contributed by atoms with van der Waals surface area (Å²) in [5.41, 5.74) is 2.97. The number of hydrazone groups is 1. The molecule has 1 fully saturated rings. The first-order valence-corrected chi connectivity index (χ1v) is 7.26.